The van der Waals surface area contributed by atoms with E-state index in [9.17, 15) is 13.2 Å². The molecule has 0 saturated carbocycles. The van der Waals surface area contributed by atoms with Gasteiger partial charge in [-0.1, -0.05) is 12.1 Å². The lowest BCUT2D eigenvalue weighted by Crippen LogP contribution is -2.05. The summed E-state index contributed by atoms with van der Waals surface area (Å²) in [7, 11) is 1.62. The first-order valence-corrected chi connectivity index (χ1v) is 7.03. The minimum absolute atomic E-state index is 0.604. The first kappa shape index (κ1) is 16.2. The summed E-state index contributed by atoms with van der Waals surface area (Å²) in [5, 5.41) is 3.27. The van der Waals surface area contributed by atoms with Crippen molar-refractivity contribution in [3.05, 3.63) is 59.7 Å². The van der Waals surface area contributed by atoms with Crippen LogP contribution in [0.5, 0.6) is 5.75 Å². The fourth-order valence-electron chi connectivity index (χ4n) is 2.09. The predicted octanol–water partition coefficient (Wildman–Crippen LogP) is 4.76. The van der Waals surface area contributed by atoms with Crippen molar-refractivity contribution in [1.29, 1.82) is 0 Å². The second-order valence-corrected chi connectivity index (χ2v) is 4.95. The minimum Gasteiger partial charge on any atom is -0.497 e. The molecule has 22 heavy (non-hydrogen) atoms. The van der Waals surface area contributed by atoms with Crippen LogP contribution in [0.25, 0.3) is 0 Å². The van der Waals surface area contributed by atoms with Crippen molar-refractivity contribution in [1.82, 2.24) is 0 Å². The molecule has 0 aromatic heterocycles. The van der Waals surface area contributed by atoms with E-state index in [4.69, 9.17) is 4.74 Å². The maximum Gasteiger partial charge on any atom is 0.416 e. The molecular weight excluding hydrogens is 291 g/mol. The third-order valence-corrected chi connectivity index (χ3v) is 3.34. The first-order chi connectivity index (χ1) is 10.5. The Bertz CT molecular complexity index is 576. The summed E-state index contributed by atoms with van der Waals surface area (Å²) < 4.78 is 42.4. The third-order valence-electron chi connectivity index (χ3n) is 3.34. The maximum absolute atomic E-state index is 12.4. The molecule has 0 bridgehead atoms. The van der Waals surface area contributed by atoms with Gasteiger partial charge in [-0.05, 0) is 54.8 Å². The van der Waals surface area contributed by atoms with E-state index < -0.39 is 11.7 Å². The van der Waals surface area contributed by atoms with Gasteiger partial charge in [0.05, 0.1) is 12.7 Å². The van der Waals surface area contributed by atoms with E-state index in [1.54, 1.807) is 7.11 Å². The quantitative estimate of drug-likeness (QED) is 0.777. The molecule has 0 unspecified atom stereocenters. The van der Waals surface area contributed by atoms with Crippen molar-refractivity contribution in [2.24, 2.45) is 0 Å². The van der Waals surface area contributed by atoms with Crippen LogP contribution in [-0.2, 0) is 12.6 Å². The highest BCUT2D eigenvalue weighted by molar-refractivity contribution is 5.46. The molecule has 0 fully saturated rings. The lowest BCUT2D eigenvalue weighted by Gasteiger charge is -2.09. The Hall–Kier alpha value is -2.17. The van der Waals surface area contributed by atoms with E-state index in [2.05, 4.69) is 5.32 Å². The first-order valence-electron chi connectivity index (χ1n) is 7.03. The predicted molar refractivity (Wildman–Crippen MR) is 81.2 cm³/mol. The Kier molecular flexibility index (Phi) is 5.31. The molecule has 2 rings (SSSR count). The molecule has 2 aromatic carbocycles. The van der Waals surface area contributed by atoms with Gasteiger partial charge in [-0.2, -0.15) is 13.2 Å². The maximum atomic E-state index is 12.4. The molecule has 0 amide bonds. The molecule has 0 saturated heterocycles. The van der Waals surface area contributed by atoms with Gasteiger partial charge < -0.3 is 10.1 Å². The fourth-order valence-corrected chi connectivity index (χ4v) is 2.09. The van der Waals surface area contributed by atoms with Crippen molar-refractivity contribution in [3.63, 3.8) is 0 Å². The number of ether oxygens (including phenoxy) is 1. The van der Waals surface area contributed by atoms with Gasteiger partial charge in [0.2, 0.25) is 0 Å². The van der Waals surface area contributed by atoms with E-state index >= 15 is 0 Å². The molecule has 0 atom stereocenters. The van der Waals surface area contributed by atoms with Gasteiger partial charge in [-0.15, -0.1) is 0 Å². The second-order valence-electron chi connectivity index (χ2n) is 4.95. The van der Waals surface area contributed by atoms with Gasteiger partial charge >= 0.3 is 6.18 Å². The average Bonchev–Trinajstić information content (AvgIpc) is 2.52. The van der Waals surface area contributed by atoms with Gasteiger partial charge in [0.15, 0.2) is 0 Å². The molecule has 0 heterocycles. The van der Waals surface area contributed by atoms with E-state index in [-0.39, 0.29) is 0 Å². The van der Waals surface area contributed by atoms with Gasteiger partial charge in [0, 0.05) is 12.2 Å². The molecule has 2 aromatic rings. The van der Waals surface area contributed by atoms with Crippen LogP contribution in [-0.4, -0.2) is 13.7 Å². The summed E-state index contributed by atoms with van der Waals surface area (Å²) in [5.41, 5.74) is 1.30. The van der Waals surface area contributed by atoms with Crippen molar-refractivity contribution < 1.29 is 17.9 Å². The normalized spacial score (nSPS) is 11.3. The summed E-state index contributed by atoms with van der Waals surface area (Å²) in [6.45, 7) is 0.757. The number of rotatable bonds is 6. The Morgan fingerprint density at radius 2 is 1.59 bits per heavy atom. The number of methoxy groups -OCH3 is 1. The number of anilines is 1. The zero-order valence-corrected chi connectivity index (χ0v) is 12.3. The SMILES string of the molecule is COc1ccc(NCCCc2ccc(C(F)(F)F)cc2)cc1. The minimum atomic E-state index is -4.27. The Balaban J connectivity index is 1.76. The summed E-state index contributed by atoms with van der Waals surface area (Å²) in [6, 6.07) is 12.9. The number of benzene rings is 2. The lowest BCUT2D eigenvalue weighted by molar-refractivity contribution is -0.137. The topological polar surface area (TPSA) is 21.3 Å². The highest BCUT2D eigenvalue weighted by Crippen LogP contribution is 2.29. The zero-order valence-electron chi connectivity index (χ0n) is 12.3. The van der Waals surface area contributed by atoms with Crippen molar-refractivity contribution in [3.8, 4) is 5.75 Å². The zero-order chi connectivity index (χ0) is 16.0. The fraction of sp³-hybridized carbons (Fsp3) is 0.294. The van der Waals surface area contributed by atoms with Crippen LogP contribution in [0.1, 0.15) is 17.5 Å². The Labute approximate surface area is 127 Å². The van der Waals surface area contributed by atoms with Gasteiger partial charge in [0.1, 0.15) is 5.75 Å². The summed E-state index contributed by atoms with van der Waals surface area (Å²) >= 11 is 0. The standard InChI is InChI=1S/C17H18F3NO/c1-22-16-10-8-15(9-11-16)21-12-2-3-13-4-6-14(7-5-13)17(18,19)20/h4-11,21H,2-3,12H2,1H3. The third kappa shape index (κ3) is 4.69. The van der Waals surface area contributed by atoms with Crippen LogP contribution in [0.3, 0.4) is 0 Å². The molecule has 0 spiro atoms. The molecule has 1 N–H and O–H groups in total. The Morgan fingerprint density at radius 3 is 2.14 bits per heavy atom. The number of nitrogens with one attached hydrogen (secondary N) is 1. The lowest BCUT2D eigenvalue weighted by atomic mass is 10.1. The van der Waals surface area contributed by atoms with Crippen LogP contribution >= 0.6 is 0 Å². The van der Waals surface area contributed by atoms with Crippen LogP contribution in [0.15, 0.2) is 48.5 Å². The molecule has 0 radical (unpaired) electrons. The largest absolute Gasteiger partial charge is 0.497 e. The highest BCUT2D eigenvalue weighted by Gasteiger charge is 2.29. The van der Waals surface area contributed by atoms with Crippen LogP contribution in [0, 0.1) is 0 Å². The number of hydrogen-bond donors (Lipinski definition) is 1. The van der Waals surface area contributed by atoms with E-state index in [1.807, 2.05) is 24.3 Å². The van der Waals surface area contributed by atoms with Crippen molar-refractivity contribution in [2.45, 2.75) is 19.0 Å². The smallest absolute Gasteiger partial charge is 0.416 e. The Morgan fingerprint density at radius 1 is 0.955 bits per heavy atom. The number of alkyl halides is 3. The van der Waals surface area contributed by atoms with Crippen LogP contribution in [0.4, 0.5) is 18.9 Å². The molecule has 118 valence electrons. The molecule has 5 heteroatoms. The van der Waals surface area contributed by atoms with E-state index in [0.29, 0.717) is 0 Å². The van der Waals surface area contributed by atoms with Gasteiger partial charge in [-0.3, -0.25) is 0 Å². The summed E-state index contributed by atoms with van der Waals surface area (Å²) in [6.07, 6.45) is -2.69. The molecule has 0 aliphatic carbocycles. The van der Waals surface area contributed by atoms with Gasteiger partial charge in [0.25, 0.3) is 0 Å². The molecule has 0 aliphatic heterocycles. The molecule has 0 aliphatic rings. The van der Waals surface area contributed by atoms with E-state index in [0.717, 1.165) is 48.5 Å². The number of aryl methyl sites for hydroxylation is 1. The second kappa shape index (κ2) is 7.20. The summed E-state index contributed by atoms with van der Waals surface area (Å²) in [5.74, 6) is 0.801. The summed E-state index contributed by atoms with van der Waals surface area (Å²) in [4.78, 5) is 0. The molecular formula is C17H18F3NO. The van der Waals surface area contributed by atoms with E-state index in [1.165, 1.54) is 12.1 Å². The van der Waals surface area contributed by atoms with Crippen LogP contribution < -0.4 is 10.1 Å². The average molecular weight is 309 g/mol. The number of hydrogen-bond acceptors (Lipinski definition) is 2. The van der Waals surface area contributed by atoms with Crippen molar-refractivity contribution in [2.75, 3.05) is 19.0 Å². The molecule has 2 nitrogen and oxygen atoms in total. The highest BCUT2D eigenvalue weighted by atomic mass is 19.4. The van der Waals surface area contributed by atoms with Crippen LogP contribution in [0.2, 0.25) is 0 Å². The monoisotopic (exact) mass is 309 g/mol. The number of halogens is 3. The van der Waals surface area contributed by atoms with Gasteiger partial charge in [-0.25, -0.2) is 0 Å². The van der Waals surface area contributed by atoms with Crippen molar-refractivity contribution >= 4 is 5.69 Å².